The van der Waals surface area contributed by atoms with Crippen molar-refractivity contribution in [3.63, 3.8) is 0 Å². The lowest BCUT2D eigenvalue weighted by molar-refractivity contribution is 0.0962. The van der Waals surface area contributed by atoms with Crippen molar-refractivity contribution < 1.29 is 9.21 Å². The number of halogens is 2. The van der Waals surface area contributed by atoms with Crippen LogP contribution in [-0.4, -0.2) is 10.5 Å². The van der Waals surface area contributed by atoms with Gasteiger partial charge in [0.25, 0.3) is 5.91 Å². The molecule has 0 saturated heterocycles. The number of carbonyl (C=O) groups is 1. The van der Waals surface area contributed by atoms with Crippen LogP contribution in [0, 0.1) is 13.8 Å². The molecule has 0 unspecified atom stereocenters. The second-order valence-electron chi connectivity index (χ2n) is 5.66. The van der Waals surface area contributed by atoms with Crippen LogP contribution in [0.1, 0.15) is 27.5 Å². The summed E-state index contributed by atoms with van der Waals surface area (Å²) in [4.78, 5) is 12.5. The van der Waals surface area contributed by atoms with E-state index in [4.69, 9.17) is 27.6 Å². The van der Waals surface area contributed by atoms with E-state index >= 15 is 0 Å². The van der Waals surface area contributed by atoms with Crippen molar-refractivity contribution in [2.45, 2.75) is 20.4 Å². The molecule has 0 atom stereocenters. The zero-order chi connectivity index (χ0) is 18.0. The molecule has 3 aromatic rings. The van der Waals surface area contributed by atoms with Crippen molar-refractivity contribution in [3.8, 4) is 0 Å². The molecule has 0 saturated carbocycles. The van der Waals surface area contributed by atoms with E-state index in [1.54, 1.807) is 24.5 Å². The number of hydrazine groups is 1. The molecule has 0 aliphatic heterocycles. The SMILES string of the molecule is Cc1cc(C(=O)NNc2ccc(Cl)c(Cl)c2)c(C)n1Cc1ccco1. The molecule has 1 aromatic carbocycles. The van der Waals surface area contributed by atoms with E-state index in [0.717, 1.165) is 17.1 Å². The number of aromatic nitrogens is 1. The minimum Gasteiger partial charge on any atom is -0.467 e. The number of nitrogens with one attached hydrogen (secondary N) is 2. The quantitative estimate of drug-likeness (QED) is 0.627. The van der Waals surface area contributed by atoms with Crippen molar-refractivity contribution in [2.24, 2.45) is 0 Å². The number of nitrogens with zero attached hydrogens (tertiary/aromatic N) is 1. The molecule has 0 spiro atoms. The predicted octanol–water partition coefficient (Wildman–Crippen LogP) is 4.81. The Morgan fingerprint density at radius 3 is 2.64 bits per heavy atom. The van der Waals surface area contributed by atoms with E-state index in [-0.39, 0.29) is 5.91 Å². The Balaban J connectivity index is 1.72. The van der Waals surface area contributed by atoms with Gasteiger partial charge in [0.1, 0.15) is 5.76 Å². The van der Waals surface area contributed by atoms with Crippen molar-refractivity contribution >= 4 is 34.8 Å². The molecule has 0 aliphatic rings. The molecule has 7 heteroatoms. The van der Waals surface area contributed by atoms with Gasteiger partial charge < -0.3 is 8.98 Å². The highest BCUT2D eigenvalue weighted by molar-refractivity contribution is 6.42. The van der Waals surface area contributed by atoms with Gasteiger partial charge in [0.05, 0.1) is 34.1 Å². The summed E-state index contributed by atoms with van der Waals surface area (Å²) in [5, 5.41) is 0.873. The molecule has 3 rings (SSSR count). The molecule has 0 fully saturated rings. The van der Waals surface area contributed by atoms with Crippen LogP contribution in [0.4, 0.5) is 5.69 Å². The number of benzene rings is 1. The highest BCUT2D eigenvalue weighted by Gasteiger charge is 2.16. The van der Waals surface area contributed by atoms with Gasteiger partial charge in [0.2, 0.25) is 0 Å². The summed E-state index contributed by atoms with van der Waals surface area (Å²) in [6.07, 6.45) is 1.64. The van der Waals surface area contributed by atoms with Crippen molar-refractivity contribution in [3.05, 3.63) is 75.4 Å². The number of anilines is 1. The first kappa shape index (κ1) is 17.5. The molecule has 25 heavy (non-hydrogen) atoms. The number of amides is 1. The number of hydrogen-bond acceptors (Lipinski definition) is 3. The molecule has 5 nitrogen and oxygen atoms in total. The summed E-state index contributed by atoms with van der Waals surface area (Å²) < 4.78 is 7.42. The fourth-order valence-electron chi connectivity index (χ4n) is 2.60. The van der Waals surface area contributed by atoms with Crippen LogP contribution in [0.3, 0.4) is 0 Å². The van der Waals surface area contributed by atoms with Gasteiger partial charge >= 0.3 is 0 Å². The number of rotatable bonds is 5. The maximum Gasteiger partial charge on any atom is 0.271 e. The average molecular weight is 378 g/mol. The average Bonchev–Trinajstić information content (AvgIpc) is 3.19. The lowest BCUT2D eigenvalue weighted by atomic mass is 10.2. The Bertz CT molecular complexity index is 901. The third kappa shape index (κ3) is 3.83. The summed E-state index contributed by atoms with van der Waals surface area (Å²) >= 11 is 11.8. The second-order valence-corrected chi connectivity index (χ2v) is 6.47. The summed E-state index contributed by atoms with van der Waals surface area (Å²) in [6, 6.07) is 10.6. The maximum atomic E-state index is 12.5. The fraction of sp³-hybridized carbons (Fsp3) is 0.167. The van der Waals surface area contributed by atoms with Gasteiger partial charge in [-0.3, -0.25) is 15.6 Å². The number of carbonyl (C=O) groups excluding carboxylic acids is 1. The van der Waals surface area contributed by atoms with E-state index in [9.17, 15) is 4.79 Å². The number of aryl methyl sites for hydroxylation is 1. The van der Waals surface area contributed by atoms with Gasteiger partial charge in [-0.15, -0.1) is 0 Å². The van der Waals surface area contributed by atoms with Gasteiger partial charge in [0, 0.05) is 11.4 Å². The molecule has 0 aliphatic carbocycles. The fourth-order valence-corrected chi connectivity index (χ4v) is 2.90. The van der Waals surface area contributed by atoms with Gasteiger partial charge in [0.15, 0.2) is 0 Å². The van der Waals surface area contributed by atoms with E-state index in [2.05, 4.69) is 10.9 Å². The van der Waals surface area contributed by atoms with Crippen LogP contribution in [0.15, 0.2) is 47.1 Å². The smallest absolute Gasteiger partial charge is 0.271 e. The summed E-state index contributed by atoms with van der Waals surface area (Å²) in [6.45, 7) is 4.45. The number of hydrogen-bond donors (Lipinski definition) is 2. The van der Waals surface area contributed by atoms with E-state index < -0.39 is 0 Å². The molecule has 2 N–H and O–H groups in total. The maximum absolute atomic E-state index is 12.5. The summed E-state index contributed by atoms with van der Waals surface area (Å²) in [5.41, 5.74) is 8.60. The zero-order valence-electron chi connectivity index (χ0n) is 13.8. The van der Waals surface area contributed by atoms with Gasteiger partial charge in [-0.2, -0.15) is 0 Å². The Kier molecular flexibility index (Phi) is 5.06. The Morgan fingerprint density at radius 2 is 1.96 bits per heavy atom. The topological polar surface area (TPSA) is 59.2 Å². The minimum absolute atomic E-state index is 0.232. The van der Waals surface area contributed by atoms with Crippen LogP contribution >= 0.6 is 23.2 Å². The Hall–Kier alpha value is -2.37. The largest absolute Gasteiger partial charge is 0.467 e. The highest BCUT2D eigenvalue weighted by Crippen LogP contribution is 2.24. The molecule has 2 aromatic heterocycles. The molecule has 1 amide bonds. The third-order valence-electron chi connectivity index (χ3n) is 3.95. The first-order valence-corrected chi connectivity index (χ1v) is 8.42. The highest BCUT2D eigenvalue weighted by atomic mass is 35.5. The van der Waals surface area contributed by atoms with Crippen LogP contribution in [0.25, 0.3) is 0 Å². The number of furan rings is 1. The van der Waals surface area contributed by atoms with Crippen molar-refractivity contribution in [2.75, 3.05) is 5.43 Å². The minimum atomic E-state index is -0.232. The molecular formula is C18H17Cl2N3O2. The Labute approximate surface area is 155 Å². The standard InChI is InChI=1S/C18H17Cl2N3O2/c1-11-8-15(12(2)23(11)10-14-4-3-7-25-14)18(24)22-21-13-5-6-16(19)17(20)9-13/h3-9,21H,10H2,1-2H3,(H,22,24). The van der Waals surface area contributed by atoms with E-state index in [1.807, 2.05) is 36.6 Å². The van der Waals surface area contributed by atoms with E-state index in [0.29, 0.717) is 27.8 Å². The van der Waals surface area contributed by atoms with E-state index in [1.165, 1.54) is 0 Å². The normalized spacial score (nSPS) is 10.7. The van der Waals surface area contributed by atoms with Crippen LogP contribution in [0.5, 0.6) is 0 Å². The first-order valence-electron chi connectivity index (χ1n) is 7.66. The van der Waals surface area contributed by atoms with Crippen molar-refractivity contribution in [1.82, 2.24) is 9.99 Å². The predicted molar refractivity (Wildman–Crippen MR) is 99.3 cm³/mol. The van der Waals surface area contributed by atoms with Crippen LogP contribution in [-0.2, 0) is 6.54 Å². The summed E-state index contributed by atoms with van der Waals surface area (Å²) in [7, 11) is 0. The Morgan fingerprint density at radius 1 is 1.16 bits per heavy atom. The molecule has 0 bridgehead atoms. The first-order chi connectivity index (χ1) is 12.0. The zero-order valence-corrected chi connectivity index (χ0v) is 15.3. The van der Waals surface area contributed by atoms with Gasteiger partial charge in [-0.25, -0.2) is 0 Å². The molecule has 2 heterocycles. The van der Waals surface area contributed by atoms with Crippen molar-refractivity contribution in [1.29, 1.82) is 0 Å². The molecule has 130 valence electrons. The van der Waals surface area contributed by atoms with Crippen LogP contribution in [0.2, 0.25) is 10.0 Å². The lowest BCUT2D eigenvalue weighted by Gasteiger charge is -2.10. The summed E-state index contributed by atoms with van der Waals surface area (Å²) in [5.74, 6) is 0.604. The molecule has 0 radical (unpaired) electrons. The van der Waals surface area contributed by atoms with Gasteiger partial charge in [-0.05, 0) is 50.2 Å². The monoisotopic (exact) mass is 377 g/mol. The molecular weight excluding hydrogens is 361 g/mol. The second kappa shape index (κ2) is 7.25. The van der Waals surface area contributed by atoms with Gasteiger partial charge in [-0.1, -0.05) is 23.2 Å². The third-order valence-corrected chi connectivity index (χ3v) is 4.69. The van der Waals surface area contributed by atoms with Crippen LogP contribution < -0.4 is 10.9 Å². The lowest BCUT2D eigenvalue weighted by Crippen LogP contribution is -2.29.